The summed E-state index contributed by atoms with van der Waals surface area (Å²) in [6.07, 6.45) is 7.36. The maximum absolute atomic E-state index is 9.48. The summed E-state index contributed by atoms with van der Waals surface area (Å²) in [6.45, 7) is 0. The number of aromatic nitrogens is 2. The zero-order chi connectivity index (χ0) is 18.3. The molecule has 134 valence electrons. The minimum atomic E-state index is -0.241. The molecule has 0 atom stereocenters. The van der Waals surface area contributed by atoms with Crippen molar-refractivity contribution >= 4 is 11.8 Å². The summed E-state index contributed by atoms with van der Waals surface area (Å²) in [5.41, 5.74) is 5.92. The van der Waals surface area contributed by atoms with Gasteiger partial charge in [0.2, 0.25) is 0 Å². The lowest BCUT2D eigenvalue weighted by Crippen LogP contribution is -2.30. The molecule has 4 nitrogen and oxygen atoms in total. The first kappa shape index (κ1) is 16.1. The van der Waals surface area contributed by atoms with Crippen LogP contribution in [-0.2, 0) is 11.8 Å². The number of oxime groups is 1. The quantitative estimate of drug-likeness (QED) is 0.410. The van der Waals surface area contributed by atoms with Crippen LogP contribution in [0.2, 0.25) is 0 Å². The van der Waals surface area contributed by atoms with E-state index in [1.54, 1.807) is 0 Å². The molecule has 0 aliphatic heterocycles. The fourth-order valence-corrected chi connectivity index (χ4v) is 4.17. The van der Waals surface area contributed by atoms with Gasteiger partial charge in [-0.2, -0.15) is 5.10 Å². The first-order valence-corrected chi connectivity index (χ1v) is 9.42. The Bertz CT molecular complexity index is 975. The number of aromatic amines is 1. The molecule has 5 rings (SSSR count). The Kier molecular flexibility index (Phi) is 3.71. The lowest BCUT2D eigenvalue weighted by atomic mass is 9.68. The van der Waals surface area contributed by atoms with Gasteiger partial charge in [-0.05, 0) is 24.0 Å². The zero-order valence-corrected chi connectivity index (χ0v) is 15.0. The molecule has 1 heterocycles. The highest BCUT2D eigenvalue weighted by Crippen LogP contribution is 2.42. The third-order valence-corrected chi connectivity index (χ3v) is 5.77. The van der Waals surface area contributed by atoms with Crippen LogP contribution in [0.1, 0.15) is 40.9 Å². The molecule has 3 aromatic rings. The van der Waals surface area contributed by atoms with Crippen molar-refractivity contribution in [1.82, 2.24) is 10.2 Å². The Hall–Kier alpha value is -3.14. The van der Waals surface area contributed by atoms with Gasteiger partial charge < -0.3 is 5.21 Å². The molecule has 2 aliphatic rings. The second-order valence-electron chi connectivity index (χ2n) is 7.44. The number of hydrogen-bond acceptors (Lipinski definition) is 3. The van der Waals surface area contributed by atoms with Gasteiger partial charge in [0.15, 0.2) is 0 Å². The summed E-state index contributed by atoms with van der Waals surface area (Å²) in [5, 5.41) is 20.8. The molecule has 0 radical (unpaired) electrons. The molecule has 1 fully saturated rings. The van der Waals surface area contributed by atoms with E-state index < -0.39 is 0 Å². The largest absolute Gasteiger partial charge is 0.411 e. The third kappa shape index (κ3) is 2.60. The molecule has 1 aromatic heterocycles. The first-order chi connectivity index (χ1) is 13.3. The molecule has 1 saturated carbocycles. The number of nitrogens with zero attached hydrogens (tertiary/aromatic N) is 2. The molecular weight excluding hydrogens is 334 g/mol. The Morgan fingerprint density at radius 1 is 1.00 bits per heavy atom. The summed E-state index contributed by atoms with van der Waals surface area (Å²) in [7, 11) is 0. The van der Waals surface area contributed by atoms with Gasteiger partial charge in [0.1, 0.15) is 11.4 Å². The van der Waals surface area contributed by atoms with Gasteiger partial charge in [-0.25, -0.2) is 0 Å². The molecule has 0 unspecified atom stereocenters. The molecule has 2 aliphatic carbocycles. The number of nitrogens with one attached hydrogen (secondary N) is 1. The molecule has 2 aromatic carbocycles. The van der Waals surface area contributed by atoms with Gasteiger partial charge in [0, 0.05) is 29.0 Å². The number of hydrogen-bond donors (Lipinski definition) is 2. The SMILES string of the molecule is ON=C(c1n[nH]c2c1C=CC(c1ccccc1)(c1ccccc1)C2)C1CC1. The lowest BCUT2D eigenvalue weighted by molar-refractivity contribution is 0.317. The van der Waals surface area contributed by atoms with Crippen molar-refractivity contribution in [2.45, 2.75) is 24.7 Å². The standard InChI is InChI=1S/C23H21N3O/c27-26-21(16-11-12-16)22-19-13-14-23(15-20(19)24-25-22,17-7-3-1-4-8-17)18-9-5-2-6-10-18/h1-10,13-14,16,27H,11-12,15H2,(H,24,25). The molecule has 27 heavy (non-hydrogen) atoms. The monoisotopic (exact) mass is 355 g/mol. The van der Waals surface area contributed by atoms with Gasteiger partial charge in [0.05, 0.1) is 0 Å². The van der Waals surface area contributed by atoms with Crippen molar-refractivity contribution in [3.63, 3.8) is 0 Å². The van der Waals surface area contributed by atoms with Crippen molar-refractivity contribution in [2.75, 3.05) is 0 Å². The van der Waals surface area contributed by atoms with Crippen molar-refractivity contribution in [3.8, 4) is 0 Å². The fourth-order valence-electron chi connectivity index (χ4n) is 4.17. The molecule has 4 heteroatoms. The molecular formula is C23H21N3O. The Morgan fingerprint density at radius 2 is 1.63 bits per heavy atom. The number of allylic oxidation sites excluding steroid dienone is 1. The Balaban J connectivity index is 1.63. The Labute approximate surface area is 158 Å². The van der Waals surface area contributed by atoms with Crippen LogP contribution in [0, 0.1) is 5.92 Å². The zero-order valence-electron chi connectivity index (χ0n) is 15.0. The van der Waals surface area contributed by atoms with E-state index in [-0.39, 0.29) is 5.41 Å². The minimum Gasteiger partial charge on any atom is -0.411 e. The summed E-state index contributed by atoms with van der Waals surface area (Å²) in [4.78, 5) is 0. The fraction of sp³-hybridized carbons (Fsp3) is 0.217. The minimum absolute atomic E-state index is 0.241. The maximum atomic E-state index is 9.48. The predicted molar refractivity (Wildman–Crippen MR) is 106 cm³/mol. The second-order valence-corrected chi connectivity index (χ2v) is 7.44. The van der Waals surface area contributed by atoms with Crippen LogP contribution in [0.3, 0.4) is 0 Å². The number of rotatable bonds is 4. The van der Waals surface area contributed by atoms with Gasteiger partial charge in [-0.15, -0.1) is 0 Å². The molecule has 0 saturated heterocycles. The van der Waals surface area contributed by atoms with Gasteiger partial charge in [0.25, 0.3) is 0 Å². The van der Waals surface area contributed by atoms with E-state index in [2.05, 4.69) is 76.0 Å². The number of fused-ring (bicyclic) bond motifs is 1. The van der Waals surface area contributed by atoms with Crippen molar-refractivity contribution in [3.05, 3.63) is 94.8 Å². The average Bonchev–Trinajstić information content (AvgIpc) is 3.49. The van der Waals surface area contributed by atoms with E-state index in [1.165, 1.54) is 11.1 Å². The van der Waals surface area contributed by atoms with Gasteiger partial charge in [-0.1, -0.05) is 78.0 Å². The topological polar surface area (TPSA) is 61.3 Å². The summed E-state index contributed by atoms with van der Waals surface area (Å²) in [6, 6.07) is 21.2. The number of H-pyrrole nitrogens is 1. The number of benzene rings is 2. The van der Waals surface area contributed by atoms with Gasteiger partial charge in [-0.3, -0.25) is 5.10 Å². The normalized spacial score (nSPS) is 18.3. The highest BCUT2D eigenvalue weighted by atomic mass is 16.4. The van der Waals surface area contributed by atoms with Crippen molar-refractivity contribution < 1.29 is 5.21 Å². The van der Waals surface area contributed by atoms with Gasteiger partial charge >= 0.3 is 0 Å². The third-order valence-electron chi connectivity index (χ3n) is 5.77. The van der Waals surface area contributed by atoms with Crippen LogP contribution < -0.4 is 0 Å². The van der Waals surface area contributed by atoms with E-state index in [4.69, 9.17) is 0 Å². The van der Waals surface area contributed by atoms with Crippen LogP contribution >= 0.6 is 0 Å². The average molecular weight is 355 g/mol. The van der Waals surface area contributed by atoms with E-state index in [1.807, 2.05) is 12.1 Å². The highest BCUT2D eigenvalue weighted by Gasteiger charge is 2.38. The molecule has 2 N–H and O–H groups in total. The van der Waals surface area contributed by atoms with Crippen molar-refractivity contribution in [1.29, 1.82) is 0 Å². The predicted octanol–water partition coefficient (Wildman–Crippen LogP) is 4.55. The van der Waals surface area contributed by atoms with E-state index in [9.17, 15) is 5.21 Å². The van der Waals surface area contributed by atoms with E-state index in [0.29, 0.717) is 11.6 Å². The van der Waals surface area contributed by atoms with Crippen molar-refractivity contribution in [2.24, 2.45) is 11.1 Å². The highest BCUT2D eigenvalue weighted by molar-refractivity contribution is 6.04. The van der Waals surface area contributed by atoms with Crippen LogP contribution in [0.5, 0.6) is 0 Å². The van der Waals surface area contributed by atoms with E-state index in [0.717, 1.165) is 36.2 Å². The van der Waals surface area contributed by atoms with Crippen LogP contribution in [-0.4, -0.2) is 21.1 Å². The summed E-state index contributed by atoms with van der Waals surface area (Å²) < 4.78 is 0. The first-order valence-electron chi connectivity index (χ1n) is 9.42. The lowest BCUT2D eigenvalue weighted by Gasteiger charge is -2.34. The Morgan fingerprint density at radius 3 is 2.19 bits per heavy atom. The summed E-state index contributed by atoms with van der Waals surface area (Å²) in [5.74, 6) is 0.339. The van der Waals surface area contributed by atoms with Crippen LogP contribution in [0.15, 0.2) is 71.9 Å². The molecule has 0 bridgehead atoms. The van der Waals surface area contributed by atoms with Crippen LogP contribution in [0.25, 0.3) is 6.08 Å². The molecule has 0 amide bonds. The second kappa shape index (κ2) is 6.23. The van der Waals surface area contributed by atoms with E-state index >= 15 is 0 Å². The molecule has 0 spiro atoms. The summed E-state index contributed by atoms with van der Waals surface area (Å²) >= 11 is 0. The maximum Gasteiger partial charge on any atom is 0.117 e. The van der Waals surface area contributed by atoms with Crippen LogP contribution in [0.4, 0.5) is 0 Å². The smallest absolute Gasteiger partial charge is 0.117 e.